The Morgan fingerprint density at radius 2 is 1.80 bits per heavy atom. The second kappa shape index (κ2) is 6.57. The van der Waals surface area contributed by atoms with Crippen LogP contribution in [0, 0.1) is 6.92 Å². The van der Waals surface area contributed by atoms with Gasteiger partial charge in [-0.1, -0.05) is 30.3 Å². The third kappa shape index (κ3) is 3.16. The summed E-state index contributed by atoms with van der Waals surface area (Å²) in [4.78, 5) is 2.41. The van der Waals surface area contributed by atoms with Crippen molar-refractivity contribution in [3.8, 4) is 5.75 Å². The van der Waals surface area contributed by atoms with E-state index in [0.29, 0.717) is 11.7 Å². The molecule has 1 saturated heterocycles. The van der Waals surface area contributed by atoms with Crippen LogP contribution in [0.4, 0.5) is 0 Å². The van der Waals surface area contributed by atoms with E-state index in [2.05, 4.69) is 60.0 Å². The highest BCUT2D eigenvalue weighted by Gasteiger charge is 2.23. The smallest absolute Gasteiger partial charge is 0.116 e. The van der Waals surface area contributed by atoms with E-state index in [9.17, 15) is 5.11 Å². The topological polar surface area (TPSA) is 28.4 Å². The summed E-state index contributed by atoms with van der Waals surface area (Å²) < 4.78 is 2.37. The van der Waals surface area contributed by atoms with Crippen molar-refractivity contribution in [2.75, 3.05) is 20.1 Å². The number of nitrogens with zero attached hydrogens (tertiary/aromatic N) is 2. The zero-order valence-corrected chi connectivity index (χ0v) is 15.1. The summed E-state index contributed by atoms with van der Waals surface area (Å²) in [6.07, 6.45) is 4.71. The predicted molar refractivity (Wildman–Crippen MR) is 103 cm³/mol. The molecule has 0 bridgehead atoms. The molecule has 0 aliphatic carbocycles. The molecule has 0 spiro atoms. The minimum absolute atomic E-state index is 0.372. The Bertz CT molecular complexity index is 874. The number of fused-ring (bicyclic) bond motifs is 1. The number of hydrogen-bond acceptors (Lipinski definition) is 2. The van der Waals surface area contributed by atoms with Gasteiger partial charge in [-0.25, -0.2) is 0 Å². The van der Waals surface area contributed by atoms with Gasteiger partial charge in [0.1, 0.15) is 5.75 Å². The molecular formula is C22H26N2O. The fraction of sp³-hybridized carbons (Fsp3) is 0.364. The SMILES string of the molecule is Cc1cc(O)cc2c(C3CCN(C)CC3)cn(Cc3ccccc3)c12. The summed E-state index contributed by atoms with van der Waals surface area (Å²) in [5.74, 6) is 0.952. The Balaban J connectivity index is 1.80. The molecule has 1 aliphatic heterocycles. The van der Waals surface area contributed by atoms with Gasteiger partial charge in [0.05, 0.1) is 5.52 Å². The van der Waals surface area contributed by atoms with Gasteiger partial charge in [0, 0.05) is 18.1 Å². The number of aryl methyl sites for hydroxylation is 1. The third-order valence-electron chi connectivity index (χ3n) is 5.53. The van der Waals surface area contributed by atoms with Crippen LogP contribution in [-0.2, 0) is 6.54 Å². The fourth-order valence-electron chi connectivity index (χ4n) is 4.21. The minimum Gasteiger partial charge on any atom is -0.508 e. The standard InChI is InChI=1S/C22H26N2O/c1-16-12-19(25)13-20-21(18-8-10-23(2)11-9-18)15-24(22(16)20)14-17-6-4-3-5-7-17/h3-7,12-13,15,18,25H,8-11,14H2,1-2H3. The summed E-state index contributed by atoms with van der Waals surface area (Å²) in [6, 6.07) is 14.4. The number of aromatic nitrogens is 1. The maximum Gasteiger partial charge on any atom is 0.116 e. The van der Waals surface area contributed by atoms with E-state index >= 15 is 0 Å². The number of likely N-dealkylation sites (tertiary alicyclic amines) is 1. The van der Waals surface area contributed by atoms with Crippen LogP contribution in [0.1, 0.15) is 35.4 Å². The van der Waals surface area contributed by atoms with Crippen LogP contribution in [0.25, 0.3) is 10.9 Å². The maximum absolute atomic E-state index is 10.2. The van der Waals surface area contributed by atoms with Gasteiger partial charge in [0.2, 0.25) is 0 Å². The molecule has 25 heavy (non-hydrogen) atoms. The lowest BCUT2D eigenvalue weighted by atomic mass is 9.89. The first-order valence-corrected chi connectivity index (χ1v) is 9.16. The maximum atomic E-state index is 10.2. The molecule has 1 N–H and O–H groups in total. The molecule has 2 aromatic carbocycles. The van der Waals surface area contributed by atoms with Crippen molar-refractivity contribution >= 4 is 10.9 Å². The summed E-state index contributed by atoms with van der Waals surface area (Å²) in [5.41, 5.74) is 5.11. The molecule has 4 rings (SSSR count). The highest BCUT2D eigenvalue weighted by molar-refractivity contribution is 5.88. The van der Waals surface area contributed by atoms with Crippen LogP contribution in [0.15, 0.2) is 48.7 Å². The van der Waals surface area contributed by atoms with Crippen LogP contribution in [0.3, 0.4) is 0 Å². The van der Waals surface area contributed by atoms with Crippen molar-refractivity contribution in [2.45, 2.75) is 32.2 Å². The van der Waals surface area contributed by atoms with E-state index in [0.717, 1.165) is 25.2 Å². The van der Waals surface area contributed by atoms with Crippen molar-refractivity contribution in [1.29, 1.82) is 0 Å². The lowest BCUT2D eigenvalue weighted by Crippen LogP contribution is -2.29. The molecular weight excluding hydrogens is 308 g/mol. The molecule has 0 amide bonds. The average molecular weight is 334 g/mol. The van der Waals surface area contributed by atoms with Crippen molar-refractivity contribution < 1.29 is 5.11 Å². The molecule has 130 valence electrons. The van der Waals surface area contributed by atoms with E-state index < -0.39 is 0 Å². The van der Waals surface area contributed by atoms with Crippen molar-refractivity contribution in [2.24, 2.45) is 0 Å². The number of aromatic hydroxyl groups is 1. The highest BCUT2D eigenvalue weighted by Crippen LogP contribution is 2.37. The molecule has 0 atom stereocenters. The quantitative estimate of drug-likeness (QED) is 0.763. The third-order valence-corrected chi connectivity index (χ3v) is 5.53. The minimum atomic E-state index is 0.372. The molecule has 3 nitrogen and oxygen atoms in total. The molecule has 0 unspecified atom stereocenters. The van der Waals surface area contributed by atoms with E-state index in [4.69, 9.17) is 0 Å². The second-order valence-electron chi connectivity index (χ2n) is 7.43. The van der Waals surface area contributed by atoms with E-state index in [1.54, 1.807) is 0 Å². The molecule has 0 saturated carbocycles. The summed E-state index contributed by atoms with van der Waals surface area (Å²) in [6.45, 7) is 5.26. The molecule has 0 radical (unpaired) electrons. The van der Waals surface area contributed by atoms with E-state index in [-0.39, 0.29) is 0 Å². The van der Waals surface area contributed by atoms with Crippen LogP contribution in [0.2, 0.25) is 0 Å². The lowest BCUT2D eigenvalue weighted by molar-refractivity contribution is 0.256. The molecule has 1 fully saturated rings. The van der Waals surface area contributed by atoms with Crippen LogP contribution in [0.5, 0.6) is 5.75 Å². The van der Waals surface area contributed by atoms with Crippen LogP contribution >= 0.6 is 0 Å². The zero-order valence-electron chi connectivity index (χ0n) is 15.1. The summed E-state index contributed by atoms with van der Waals surface area (Å²) in [5, 5.41) is 11.4. The lowest BCUT2D eigenvalue weighted by Gasteiger charge is -2.28. The Morgan fingerprint density at radius 1 is 1.08 bits per heavy atom. The van der Waals surface area contributed by atoms with E-state index in [1.807, 2.05) is 12.1 Å². The number of phenolic OH excluding ortho intramolecular Hbond substituents is 1. The van der Waals surface area contributed by atoms with Gasteiger partial charge in [-0.3, -0.25) is 0 Å². The van der Waals surface area contributed by atoms with Gasteiger partial charge < -0.3 is 14.6 Å². The van der Waals surface area contributed by atoms with Gasteiger partial charge in [-0.05, 0) is 74.6 Å². The number of piperidine rings is 1. The average Bonchev–Trinajstić information content (AvgIpc) is 2.95. The fourth-order valence-corrected chi connectivity index (χ4v) is 4.21. The monoisotopic (exact) mass is 334 g/mol. The first kappa shape index (κ1) is 16.2. The van der Waals surface area contributed by atoms with E-state index in [1.165, 1.54) is 34.9 Å². The molecule has 3 aromatic rings. The molecule has 1 aliphatic rings. The van der Waals surface area contributed by atoms with Crippen molar-refractivity contribution in [3.05, 3.63) is 65.4 Å². The molecule has 3 heteroatoms. The predicted octanol–water partition coefficient (Wildman–Crippen LogP) is 4.51. The van der Waals surface area contributed by atoms with Gasteiger partial charge >= 0.3 is 0 Å². The largest absolute Gasteiger partial charge is 0.508 e. The first-order valence-electron chi connectivity index (χ1n) is 9.16. The van der Waals surface area contributed by atoms with Gasteiger partial charge in [-0.2, -0.15) is 0 Å². The van der Waals surface area contributed by atoms with Gasteiger partial charge in [0.15, 0.2) is 0 Å². The Kier molecular flexibility index (Phi) is 4.26. The van der Waals surface area contributed by atoms with Gasteiger partial charge in [-0.15, -0.1) is 0 Å². The summed E-state index contributed by atoms with van der Waals surface area (Å²) >= 11 is 0. The van der Waals surface area contributed by atoms with Crippen LogP contribution in [-0.4, -0.2) is 34.7 Å². The first-order chi connectivity index (χ1) is 12.1. The Labute approximate surface area is 149 Å². The number of phenols is 1. The molecule has 2 heterocycles. The van der Waals surface area contributed by atoms with Crippen molar-refractivity contribution in [3.63, 3.8) is 0 Å². The van der Waals surface area contributed by atoms with Gasteiger partial charge in [0.25, 0.3) is 0 Å². The van der Waals surface area contributed by atoms with Crippen LogP contribution < -0.4 is 0 Å². The number of benzene rings is 2. The highest BCUT2D eigenvalue weighted by atomic mass is 16.3. The normalized spacial score (nSPS) is 16.6. The summed E-state index contributed by atoms with van der Waals surface area (Å²) in [7, 11) is 2.20. The molecule has 1 aromatic heterocycles. The Morgan fingerprint density at radius 3 is 2.52 bits per heavy atom. The number of rotatable bonds is 3. The second-order valence-corrected chi connectivity index (χ2v) is 7.43. The zero-order chi connectivity index (χ0) is 17.4. The van der Waals surface area contributed by atoms with Crippen molar-refractivity contribution in [1.82, 2.24) is 9.47 Å². The number of hydrogen-bond donors (Lipinski definition) is 1. The Hall–Kier alpha value is -2.26.